The molecule has 1 aliphatic rings. The number of piperazine rings is 1. The predicted octanol–water partition coefficient (Wildman–Crippen LogP) is 0.856. The molecule has 13 nitrogen and oxygen atoms in total. The number of halogens is 3. The maximum Gasteiger partial charge on any atom is 0.490 e. The second-order valence-corrected chi connectivity index (χ2v) is 8.69. The van der Waals surface area contributed by atoms with E-state index in [1.54, 1.807) is 30.2 Å². The van der Waals surface area contributed by atoms with E-state index in [1.807, 2.05) is 25.4 Å². The van der Waals surface area contributed by atoms with Crippen molar-refractivity contribution in [1.82, 2.24) is 34.8 Å². The van der Waals surface area contributed by atoms with Crippen LogP contribution in [-0.4, -0.2) is 91.7 Å². The zero-order valence-corrected chi connectivity index (χ0v) is 21.4. The first-order chi connectivity index (χ1) is 18.3. The highest BCUT2D eigenvalue weighted by atomic mass is 19.4. The van der Waals surface area contributed by atoms with Crippen LogP contribution in [-0.2, 0) is 35.0 Å². The van der Waals surface area contributed by atoms with E-state index in [9.17, 15) is 22.8 Å². The highest BCUT2D eigenvalue weighted by Gasteiger charge is 2.38. The Bertz CT molecular complexity index is 1310. The summed E-state index contributed by atoms with van der Waals surface area (Å²) in [6.45, 7) is 4.03. The number of likely N-dealkylation sites (N-methyl/N-ethyl adjacent to an activating group) is 1. The van der Waals surface area contributed by atoms with Crippen molar-refractivity contribution in [2.24, 2.45) is 14.1 Å². The molecule has 3 aromatic heterocycles. The summed E-state index contributed by atoms with van der Waals surface area (Å²) in [7, 11) is 5.62. The molecule has 1 aliphatic heterocycles. The molecule has 0 aliphatic carbocycles. The number of carboxylic acids is 1. The number of anilines is 2. The Morgan fingerprint density at radius 2 is 1.72 bits per heavy atom. The third-order valence-corrected chi connectivity index (χ3v) is 5.66. The second-order valence-electron chi connectivity index (χ2n) is 8.69. The first-order valence-corrected chi connectivity index (χ1v) is 11.6. The van der Waals surface area contributed by atoms with Crippen molar-refractivity contribution < 1.29 is 32.7 Å². The lowest BCUT2D eigenvalue weighted by atomic mass is 10.2. The summed E-state index contributed by atoms with van der Waals surface area (Å²) in [6, 6.07) is 5.48. The number of carbonyl (C=O) groups excluding carboxylic acids is 2. The summed E-state index contributed by atoms with van der Waals surface area (Å²) >= 11 is 0. The minimum absolute atomic E-state index is 0.238. The third-order valence-electron chi connectivity index (χ3n) is 5.66. The van der Waals surface area contributed by atoms with Crippen LogP contribution in [0.4, 0.5) is 24.8 Å². The van der Waals surface area contributed by atoms with Crippen molar-refractivity contribution in [3.05, 3.63) is 42.4 Å². The average Bonchev–Trinajstić information content (AvgIpc) is 3.48. The summed E-state index contributed by atoms with van der Waals surface area (Å²) in [4.78, 5) is 42.6. The molecule has 0 bridgehead atoms. The van der Waals surface area contributed by atoms with Gasteiger partial charge >= 0.3 is 24.0 Å². The van der Waals surface area contributed by atoms with Crippen molar-refractivity contribution in [3.63, 3.8) is 0 Å². The Labute approximate surface area is 221 Å². The third kappa shape index (κ3) is 8.26. The van der Waals surface area contributed by atoms with Gasteiger partial charge in [-0.3, -0.25) is 19.0 Å². The molecule has 3 aromatic rings. The molecule has 0 saturated carbocycles. The van der Waals surface area contributed by atoms with Gasteiger partial charge in [0, 0.05) is 70.8 Å². The van der Waals surface area contributed by atoms with Crippen LogP contribution in [0.3, 0.4) is 0 Å². The van der Waals surface area contributed by atoms with Gasteiger partial charge in [-0.05, 0) is 24.7 Å². The Morgan fingerprint density at radius 3 is 2.31 bits per heavy atom. The molecular formula is C23H28F3N9O4. The molecule has 4 rings (SSSR count). The zero-order valence-electron chi connectivity index (χ0n) is 21.4. The maximum atomic E-state index is 12.4. The van der Waals surface area contributed by atoms with Crippen molar-refractivity contribution in [3.8, 4) is 11.3 Å². The van der Waals surface area contributed by atoms with Crippen molar-refractivity contribution in [2.45, 2.75) is 12.7 Å². The van der Waals surface area contributed by atoms with Gasteiger partial charge in [0.05, 0.1) is 11.9 Å². The van der Waals surface area contributed by atoms with Crippen LogP contribution in [0, 0.1) is 0 Å². The van der Waals surface area contributed by atoms with Gasteiger partial charge in [-0.2, -0.15) is 23.4 Å². The second kappa shape index (κ2) is 12.4. The number of alkyl halides is 3. The van der Waals surface area contributed by atoms with Crippen molar-refractivity contribution in [2.75, 3.05) is 43.4 Å². The van der Waals surface area contributed by atoms with Crippen LogP contribution >= 0.6 is 0 Å². The minimum Gasteiger partial charge on any atom is -0.475 e. The Kier molecular flexibility index (Phi) is 9.24. The quantitative estimate of drug-likeness (QED) is 0.392. The van der Waals surface area contributed by atoms with Gasteiger partial charge in [0.15, 0.2) is 0 Å². The summed E-state index contributed by atoms with van der Waals surface area (Å²) in [5.74, 6) is -2.92. The largest absolute Gasteiger partial charge is 0.490 e. The number of carbonyl (C=O) groups is 3. The lowest BCUT2D eigenvalue weighted by Gasteiger charge is -2.33. The SMILES string of the molecule is CN1CCN(c2cc(CNC(=O)C(=O)Nc3cc(-c4cnn(C)c4)nn3C)ccn2)CC1.O=C(O)C(F)(F)F. The molecule has 4 heterocycles. The number of amides is 2. The Morgan fingerprint density at radius 1 is 1.05 bits per heavy atom. The van der Waals surface area contributed by atoms with Crippen LogP contribution in [0.2, 0.25) is 0 Å². The maximum absolute atomic E-state index is 12.4. The molecule has 2 amide bonds. The smallest absolute Gasteiger partial charge is 0.475 e. The topological polar surface area (TPSA) is 151 Å². The number of hydrogen-bond acceptors (Lipinski definition) is 8. The first kappa shape index (κ1) is 29.1. The van der Waals surface area contributed by atoms with Crippen molar-refractivity contribution in [1.29, 1.82) is 0 Å². The molecular weight excluding hydrogens is 523 g/mol. The molecule has 1 saturated heterocycles. The number of aliphatic carboxylic acids is 1. The number of pyridine rings is 1. The van der Waals surface area contributed by atoms with Gasteiger partial charge in [0.1, 0.15) is 11.6 Å². The molecule has 0 spiro atoms. The van der Waals surface area contributed by atoms with Crippen LogP contribution in [0.15, 0.2) is 36.8 Å². The standard InChI is InChI=1S/C21H27N9O2.C2HF3O2/c1-27-6-8-30(9-7-27)18-10-15(4-5-22-18)12-23-20(31)21(32)25-19-11-17(26-29(19)3)16-13-24-28(2)14-16;3-2(4,5)1(6)7/h4-5,10-11,13-14H,6-9,12H2,1-3H3,(H,23,31)(H,25,32);(H,6,7). The van der Waals surface area contributed by atoms with Gasteiger partial charge in [-0.1, -0.05) is 0 Å². The predicted molar refractivity (Wildman–Crippen MR) is 134 cm³/mol. The average molecular weight is 552 g/mol. The Hall–Kier alpha value is -4.47. The van der Waals surface area contributed by atoms with E-state index in [4.69, 9.17) is 9.90 Å². The molecule has 0 radical (unpaired) electrons. The van der Waals surface area contributed by atoms with E-state index in [0.717, 1.165) is 43.1 Å². The van der Waals surface area contributed by atoms with Crippen LogP contribution in [0.1, 0.15) is 5.56 Å². The lowest BCUT2D eigenvalue weighted by molar-refractivity contribution is -0.192. The highest BCUT2D eigenvalue weighted by Crippen LogP contribution is 2.20. The van der Waals surface area contributed by atoms with E-state index in [0.29, 0.717) is 11.5 Å². The van der Waals surface area contributed by atoms with Gasteiger partial charge in [0.25, 0.3) is 0 Å². The van der Waals surface area contributed by atoms with Crippen LogP contribution < -0.4 is 15.5 Å². The van der Waals surface area contributed by atoms with Gasteiger partial charge in [-0.15, -0.1) is 0 Å². The van der Waals surface area contributed by atoms with Crippen LogP contribution in [0.25, 0.3) is 11.3 Å². The number of nitrogens with zero attached hydrogens (tertiary/aromatic N) is 7. The first-order valence-electron chi connectivity index (χ1n) is 11.6. The number of aromatic nitrogens is 5. The van der Waals surface area contributed by atoms with Crippen LogP contribution in [0.5, 0.6) is 0 Å². The summed E-state index contributed by atoms with van der Waals surface area (Å²) < 4.78 is 34.9. The molecule has 0 unspecified atom stereocenters. The molecule has 0 aromatic carbocycles. The molecule has 16 heteroatoms. The molecule has 1 fully saturated rings. The number of rotatable bonds is 5. The zero-order chi connectivity index (χ0) is 28.7. The van der Waals surface area contributed by atoms with E-state index in [-0.39, 0.29) is 6.54 Å². The Balaban J connectivity index is 0.000000532. The van der Waals surface area contributed by atoms with E-state index in [2.05, 4.69) is 42.7 Å². The highest BCUT2D eigenvalue weighted by molar-refractivity contribution is 6.39. The molecule has 0 atom stereocenters. The summed E-state index contributed by atoms with van der Waals surface area (Å²) in [6.07, 6.45) is 0.155. The molecule has 210 valence electrons. The number of hydrogen-bond donors (Lipinski definition) is 3. The fourth-order valence-corrected chi connectivity index (χ4v) is 3.49. The van der Waals surface area contributed by atoms with Gasteiger partial charge in [-0.25, -0.2) is 9.78 Å². The number of carboxylic acid groups (broad SMARTS) is 1. The van der Waals surface area contributed by atoms with Crippen molar-refractivity contribution >= 4 is 29.4 Å². The van der Waals surface area contributed by atoms with E-state index < -0.39 is 24.0 Å². The normalized spacial score (nSPS) is 13.8. The monoisotopic (exact) mass is 551 g/mol. The number of nitrogens with one attached hydrogen (secondary N) is 2. The fourth-order valence-electron chi connectivity index (χ4n) is 3.49. The van der Waals surface area contributed by atoms with Gasteiger partial charge < -0.3 is 25.5 Å². The summed E-state index contributed by atoms with van der Waals surface area (Å²) in [5.41, 5.74) is 2.36. The lowest BCUT2D eigenvalue weighted by Crippen LogP contribution is -2.44. The van der Waals surface area contributed by atoms with E-state index >= 15 is 0 Å². The molecule has 39 heavy (non-hydrogen) atoms. The number of aryl methyl sites for hydroxylation is 2. The van der Waals surface area contributed by atoms with E-state index in [1.165, 1.54) is 4.68 Å². The minimum atomic E-state index is -5.08. The fraction of sp³-hybridized carbons (Fsp3) is 0.391. The molecule has 3 N–H and O–H groups in total. The summed E-state index contributed by atoms with van der Waals surface area (Å²) in [5, 5.41) is 20.9. The van der Waals surface area contributed by atoms with Gasteiger partial charge in [0.2, 0.25) is 0 Å².